The van der Waals surface area contributed by atoms with E-state index in [1.54, 1.807) is 6.20 Å². The Morgan fingerprint density at radius 3 is 2.86 bits per heavy atom. The van der Waals surface area contributed by atoms with E-state index in [1.165, 1.54) is 5.56 Å². The molecule has 0 aliphatic heterocycles. The van der Waals surface area contributed by atoms with Crippen LogP contribution < -0.4 is 10.6 Å². The average molecular weight is 286 g/mol. The minimum absolute atomic E-state index is 0.0257. The van der Waals surface area contributed by atoms with Crippen molar-refractivity contribution >= 4 is 5.91 Å². The molecular formula is C16H22N4O. The Balaban J connectivity index is 1.90. The minimum atomic E-state index is -0.0257. The fraction of sp³-hybridized carbons (Fsp3) is 0.375. The highest BCUT2D eigenvalue weighted by Crippen LogP contribution is 2.07. The molecule has 2 N–H and O–H groups in total. The van der Waals surface area contributed by atoms with E-state index in [2.05, 4.69) is 27.9 Å². The van der Waals surface area contributed by atoms with Gasteiger partial charge in [0.25, 0.3) is 0 Å². The van der Waals surface area contributed by atoms with E-state index in [4.69, 9.17) is 0 Å². The Labute approximate surface area is 125 Å². The number of hydrogen-bond acceptors (Lipinski definition) is 3. The quantitative estimate of drug-likeness (QED) is 0.809. The molecule has 0 aliphatic rings. The Hall–Kier alpha value is -2.14. The fourth-order valence-electron chi connectivity index (χ4n) is 2.18. The first-order chi connectivity index (χ1) is 10.2. The van der Waals surface area contributed by atoms with Crippen LogP contribution >= 0.6 is 0 Å². The van der Waals surface area contributed by atoms with Gasteiger partial charge >= 0.3 is 0 Å². The summed E-state index contributed by atoms with van der Waals surface area (Å²) in [6.07, 6.45) is 3.71. The van der Waals surface area contributed by atoms with Gasteiger partial charge in [0.05, 0.1) is 6.54 Å². The number of carbonyl (C=O) groups excluding carboxylic acids is 1. The van der Waals surface area contributed by atoms with Gasteiger partial charge in [-0.2, -0.15) is 5.10 Å². The lowest BCUT2D eigenvalue weighted by Crippen LogP contribution is -2.33. The van der Waals surface area contributed by atoms with Crippen molar-refractivity contribution in [3.8, 4) is 0 Å². The number of carbonyl (C=O) groups is 1. The van der Waals surface area contributed by atoms with Gasteiger partial charge in [-0.05, 0) is 24.2 Å². The van der Waals surface area contributed by atoms with Gasteiger partial charge in [-0.25, -0.2) is 0 Å². The zero-order valence-electron chi connectivity index (χ0n) is 12.5. The molecule has 0 saturated carbocycles. The summed E-state index contributed by atoms with van der Waals surface area (Å²) in [5, 5.41) is 10.2. The van der Waals surface area contributed by atoms with Gasteiger partial charge in [-0.1, -0.05) is 31.2 Å². The SMILES string of the molecule is CNCC(C)C(=O)NCc1cccc(Cn2cccn2)c1. The molecule has 0 spiro atoms. The number of amides is 1. The normalized spacial score (nSPS) is 12.1. The first-order valence-electron chi connectivity index (χ1n) is 7.16. The van der Waals surface area contributed by atoms with Crippen molar-refractivity contribution in [1.29, 1.82) is 0 Å². The molecule has 0 saturated heterocycles. The van der Waals surface area contributed by atoms with Crippen molar-refractivity contribution in [2.24, 2.45) is 5.92 Å². The maximum Gasteiger partial charge on any atom is 0.224 e. The van der Waals surface area contributed by atoms with Gasteiger partial charge in [0.2, 0.25) is 5.91 Å². The lowest BCUT2D eigenvalue weighted by Gasteiger charge is -2.12. The summed E-state index contributed by atoms with van der Waals surface area (Å²) < 4.78 is 1.88. The van der Waals surface area contributed by atoms with Gasteiger partial charge in [-0.3, -0.25) is 9.48 Å². The molecule has 1 amide bonds. The predicted molar refractivity (Wildman–Crippen MR) is 82.7 cm³/mol. The summed E-state index contributed by atoms with van der Waals surface area (Å²) >= 11 is 0. The van der Waals surface area contributed by atoms with Gasteiger partial charge in [0, 0.05) is 31.4 Å². The Kier molecular flexibility index (Phi) is 5.51. The van der Waals surface area contributed by atoms with E-state index in [0.29, 0.717) is 13.1 Å². The molecule has 5 heteroatoms. The molecule has 5 nitrogen and oxygen atoms in total. The van der Waals surface area contributed by atoms with E-state index in [-0.39, 0.29) is 11.8 Å². The molecule has 0 fully saturated rings. The van der Waals surface area contributed by atoms with E-state index < -0.39 is 0 Å². The van der Waals surface area contributed by atoms with E-state index in [1.807, 2.05) is 43.0 Å². The molecule has 0 bridgehead atoms. The topological polar surface area (TPSA) is 59.0 Å². The summed E-state index contributed by atoms with van der Waals surface area (Å²) in [5.41, 5.74) is 2.28. The molecule has 0 aliphatic carbocycles. The number of nitrogens with zero attached hydrogens (tertiary/aromatic N) is 2. The second kappa shape index (κ2) is 7.59. The molecule has 1 aromatic carbocycles. The first-order valence-corrected chi connectivity index (χ1v) is 7.16. The summed E-state index contributed by atoms with van der Waals surface area (Å²) in [4.78, 5) is 11.9. The Morgan fingerprint density at radius 1 is 1.33 bits per heavy atom. The Morgan fingerprint density at radius 2 is 2.14 bits per heavy atom. The van der Waals surface area contributed by atoms with Crippen LogP contribution in [0.4, 0.5) is 0 Å². The summed E-state index contributed by atoms with van der Waals surface area (Å²) in [6.45, 7) is 3.90. The molecule has 112 valence electrons. The third-order valence-corrected chi connectivity index (χ3v) is 3.32. The highest BCUT2D eigenvalue weighted by atomic mass is 16.1. The van der Waals surface area contributed by atoms with Crippen LogP contribution in [0.5, 0.6) is 0 Å². The van der Waals surface area contributed by atoms with E-state index in [0.717, 1.165) is 12.1 Å². The number of benzene rings is 1. The van der Waals surface area contributed by atoms with E-state index in [9.17, 15) is 4.79 Å². The lowest BCUT2D eigenvalue weighted by molar-refractivity contribution is -0.124. The highest BCUT2D eigenvalue weighted by Gasteiger charge is 2.10. The van der Waals surface area contributed by atoms with Crippen LogP contribution in [0, 0.1) is 5.92 Å². The minimum Gasteiger partial charge on any atom is -0.352 e. The van der Waals surface area contributed by atoms with Crippen LogP contribution in [0.2, 0.25) is 0 Å². The zero-order valence-corrected chi connectivity index (χ0v) is 12.5. The van der Waals surface area contributed by atoms with Gasteiger partial charge in [-0.15, -0.1) is 0 Å². The molecule has 2 aromatic rings. The molecule has 1 heterocycles. The second-order valence-electron chi connectivity index (χ2n) is 5.20. The van der Waals surface area contributed by atoms with Gasteiger partial charge in [0.15, 0.2) is 0 Å². The van der Waals surface area contributed by atoms with E-state index >= 15 is 0 Å². The molecule has 1 aromatic heterocycles. The van der Waals surface area contributed by atoms with Crippen molar-refractivity contribution < 1.29 is 4.79 Å². The number of hydrogen-bond donors (Lipinski definition) is 2. The molecule has 1 atom stereocenters. The molecular weight excluding hydrogens is 264 g/mol. The Bertz CT molecular complexity index is 565. The standard InChI is InChI=1S/C16H22N4O/c1-13(10-17-2)16(21)18-11-14-5-3-6-15(9-14)12-20-8-4-7-19-20/h3-9,13,17H,10-12H2,1-2H3,(H,18,21). The van der Waals surface area contributed by atoms with Crippen molar-refractivity contribution in [2.75, 3.05) is 13.6 Å². The lowest BCUT2D eigenvalue weighted by atomic mass is 10.1. The largest absolute Gasteiger partial charge is 0.352 e. The molecule has 0 radical (unpaired) electrons. The summed E-state index contributed by atoms with van der Waals surface area (Å²) in [5.74, 6) is 0.0455. The van der Waals surface area contributed by atoms with Gasteiger partial charge in [0.1, 0.15) is 0 Å². The van der Waals surface area contributed by atoms with Crippen molar-refractivity contribution in [3.05, 3.63) is 53.9 Å². The van der Waals surface area contributed by atoms with Crippen LogP contribution in [0.1, 0.15) is 18.1 Å². The summed E-state index contributed by atoms with van der Waals surface area (Å²) in [6, 6.07) is 10.1. The second-order valence-corrected chi connectivity index (χ2v) is 5.20. The maximum absolute atomic E-state index is 11.9. The van der Waals surface area contributed by atoms with Crippen LogP contribution in [0.25, 0.3) is 0 Å². The van der Waals surface area contributed by atoms with Crippen LogP contribution in [-0.4, -0.2) is 29.3 Å². The monoisotopic (exact) mass is 286 g/mol. The summed E-state index contributed by atoms with van der Waals surface area (Å²) in [7, 11) is 1.85. The number of nitrogens with one attached hydrogen (secondary N) is 2. The molecule has 21 heavy (non-hydrogen) atoms. The van der Waals surface area contributed by atoms with Crippen molar-refractivity contribution in [2.45, 2.75) is 20.0 Å². The highest BCUT2D eigenvalue weighted by molar-refractivity contribution is 5.78. The van der Waals surface area contributed by atoms with Crippen LogP contribution in [0.15, 0.2) is 42.7 Å². The molecule has 2 rings (SSSR count). The smallest absolute Gasteiger partial charge is 0.224 e. The zero-order chi connectivity index (χ0) is 15.1. The third kappa shape index (κ3) is 4.72. The predicted octanol–water partition coefficient (Wildman–Crippen LogP) is 1.40. The van der Waals surface area contributed by atoms with Crippen LogP contribution in [0.3, 0.4) is 0 Å². The first kappa shape index (κ1) is 15.3. The van der Waals surface area contributed by atoms with Crippen molar-refractivity contribution in [1.82, 2.24) is 20.4 Å². The third-order valence-electron chi connectivity index (χ3n) is 3.32. The van der Waals surface area contributed by atoms with Gasteiger partial charge < -0.3 is 10.6 Å². The maximum atomic E-state index is 11.9. The van der Waals surface area contributed by atoms with Crippen LogP contribution in [-0.2, 0) is 17.9 Å². The molecule has 1 unspecified atom stereocenters. The number of rotatable bonds is 7. The fourth-order valence-corrected chi connectivity index (χ4v) is 2.18. The van der Waals surface area contributed by atoms with Crippen molar-refractivity contribution in [3.63, 3.8) is 0 Å². The number of aromatic nitrogens is 2. The average Bonchev–Trinajstić information content (AvgIpc) is 2.98.